The van der Waals surface area contributed by atoms with Crippen LogP contribution < -0.4 is 20.1 Å². The third-order valence-electron chi connectivity index (χ3n) is 9.46. The highest BCUT2D eigenvalue weighted by molar-refractivity contribution is 6.37. The van der Waals surface area contributed by atoms with Gasteiger partial charge in [0.25, 0.3) is 11.8 Å². The highest BCUT2D eigenvalue weighted by Gasteiger charge is 2.28. The summed E-state index contributed by atoms with van der Waals surface area (Å²) in [6.45, 7) is -0.446. The van der Waals surface area contributed by atoms with Crippen LogP contribution in [0.4, 0.5) is 0 Å². The van der Waals surface area contributed by atoms with Gasteiger partial charge in [0.1, 0.15) is 34.0 Å². The molecule has 2 unspecified atom stereocenters. The van der Waals surface area contributed by atoms with Crippen LogP contribution in [-0.2, 0) is 9.59 Å². The second kappa shape index (κ2) is 20.3. The van der Waals surface area contributed by atoms with E-state index < -0.39 is 18.0 Å². The van der Waals surface area contributed by atoms with Crippen molar-refractivity contribution in [2.75, 3.05) is 13.2 Å². The molecule has 8 aromatic rings. The third kappa shape index (κ3) is 10.3. The van der Waals surface area contributed by atoms with Gasteiger partial charge in [0.15, 0.2) is 13.2 Å². The maximum absolute atomic E-state index is 12.8. The van der Waals surface area contributed by atoms with E-state index in [4.69, 9.17) is 55.9 Å². The Morgan fingerprint density at radius 3 is 1.58 bits per heavy atom. The summed E-state index contributed by atoms with van der Waals surface area (Å²) in [7, 11) is 0. The number of pyridine rings is 3. The van der Waals surface area contributed by atoms with E-state index in [1.54, 1.807) is 97.5 Å². The summed E-state index contributed by atoms with van der Waals surface area (Å²) >= 11 is 25.8. The lowest BCUT2D eigenvalue weighted by Crippen LogP contribution is -2.33. The fourth-order valence-electron chi connectivity index (χ4n) is 6.58. The van der Waals surface area contributed by atoms with Gasteiger partial charge >= 0.3 is 0 Å². The Kier molecular flexibility index (Phi) is 14.2. The summed E-state index contributed by atoms with van der Waals surface area (Å²) in [5.74, 6) is 0.0869. The molecule has 2 amide bonds. The lowest BCUT2D eigenvalue weighted by molar-refractivity contribution is -0.124. The number of phenolic OH excluding ortho intramolecular Hbond substituents is 2. The number of amides is 2. The number of nitrogens with one attached hydrogen (secondary N) is 2. The number of benzene rings is 5. The smallest absolute Gasteiger partial charge is 0.258 e. The van der Waals surface area contributed by atoms with Crippen molar-refractivity contribution in [2.45, 2.75) is 12.1 Å². The van der Waals surface area contributed by atoms with Crippen LogP contribution in [0.5, 0.6) is 23.0 Å². The molecule has 0 saturated carbocycles. The van der Waals surface area contributed by atoms with Crippen molar-refractivity contribution in [3.05, 3.63) is 195 Å². The predicted molar refractivity (Wildman–Crippen MR) is 241 cm³/mol. The molecule has 62 heavy (non-hydrogen) atoms. The molecule has 312 valence electrons. The van der Waals surface area contributed by atoms with Crippen molar-refractivity contribution in [1.82, 2.24) is 25.6 Å². The number of nitrogens with zero attached hydrogens (tertiary/aromatic N) is 3. The summed E-state index contributed by atoms with van der Waals surface area (Å²) < 4.78 is 11.0. The largest absolute Gasteiger partial charge is 0.505 e. The van der Waals surface area contributed by atoms with Gasteiger partial charge in [0.2, 0.25) is 0 Å². The molecule has 3 heterocycles. The van der Waals surface area contributed by atoms with Crippen molar-refractivity contribution in [3.8, 4) is 23.0 Å². The number of aromatic hydroxyl groups is 2. The molecule has 8 rings (SSSR count). The molecule has 2 atom stereocenters. The van der Waals surface area contributed by atoms with Gasteiger partial charge in [-0.3, -0.25) is 24.5 Å². The maximum Gasteiger partial charge on any atom is 0.258 e. The number of phenols is 2. The topological polar surface area (TPSA) is 156 Å². The number of carbonyl (C=O) groups is 2. The van der Waals surface area contributed by atoms with E-state index in [0.717, 1.165) is 5.56 Å². The first-order valence-electron chi connectivity index (χ1n) is 18.9. The first kappa shape index (κ1) is 43.5. The van der Waals surface area contributed by atoms with Crippen LogP contribution >= 0.6 is 46.4 Å². The van der Waals surface area contributed by atoms with E-state index in [1.807, 2.05) is 48.5 Å². The van der Waals surface area contributed by atoms with Crippen LogP contribution in [0.1, 0.15) is 34.3 Å². The monoisotopic (exact) mass is 905 g/mol. The van der Waals surface area contributed by atoms with E-state index in [1.165, 1.54) is 6.20 Å². The number of halogens is 4. The number of fused-ring (bicyclic) bond motifs is 2. The number of para-hydroxylation sites is 1. The number of rotatable bonds is 12. The van der Waals surface area contributed by atoms with Gasteiger partial charge in [0, 0.05) is 56.1 Å². The average Bonchev–Trinajstić information content (AvgIpc) is 3.30. The Morgan fingerprint density at radius 2 is 1.03 bits per heavy atom. The van der Waals surface area contributed by atoms with Gasteiger partial charge in [-0.15, -0.1) is 0 Å². The molecule has 0 saturated heterocycles. The molecular weight excluding hydrogens is 872 g/mol. The lowest BCUT2D eigenvalue weighted by Gasteiger charge is -2.24. The van der Waals surface area contributed by atoms with Crippen LogP contribution in [0, 0.1) is 0 Å². The summed E-state index contributed by atoms with van der Waals surface area (Å²) in [6, 6.07) is 35.4. The maximum atomic E-state index is 12.8. The number of carbonyl (C=O) groups excluding carboxylic acids is 2. The van der Waals surface area contributed by atoms with E-state index in [2.05, 4.69) is 25.6 Å². The Morgan fingerprint density at radius 1 is 0.548 bits per heavy atom. The van der Waals surface area contributed by atoms with Crippen LogP contribution in [-0.4, -0.2) is 50.2 Å². The normalized spacial score (nSPS) is 11.8. The van der Waals surface area contributed by atoms with Gasteiger partial charge in [-0.2, -0.15) is 0 Å². The summed E-state index contributed by atoms with van der Waals surface area (Å²) in [6.07, 6.45) is 6.28. The zero-order valence-electron chi connectivity index (χ0n) is 32.4. The molecule has 11 nitrogen and oxygen atoms in total. The van der Waals surface area contributed by atoms with Crippen LogP contribution in [0.2, 0.25) is 20.1 Å². The third-order valence-corrected chi connectivity index (χ3v) is 10.7. The molecule has 0 radical (unpaired) electrons. The first-order valence-corrected chi connectivity index (χ1v) is 20.4. The molecule has 0 aliphatic heterocycles. The Balaban J connectivity index is 0.000000187. The average molecular weight is 908 g/mol. The Hall–Kier alpha value is -6.63. The Labute approximate surface area is 375 Å². The minimum atomic E-state index is -0.896. The molecule has 0 bridgehead atoms. The van der Waals surface area contributed by atoms with Crippen LogP contribution in [0.15, 0.2) is 152 Å². The molecule has 0 aliphatic carbocycles. The highest BCUT2D eigenvalue weighted by Crippen LogP contribution is 2.42. The van der Waals surface area contributed by atoms with E-state index >= 15 is 0 Å². The fourth-order valence-corrected chi connectivity index (χ4v) is 7.74. The van der Waals surface area contributed by atoms with Gasteiger partial charge in [0.05, 0.1) is 28.3 Å². The highest BCUT2D eigenvalue weighted by atomic mass is 35.5. The minimum absolute atomic E-state index is 0.0302. The quantitative estimate of drug-likeness (QED) is 0.0937. The van der Waals surface area contributed by atoms with Crippen LogP contribution in [0.3, 0.4) is 0 Å². The predicted octanol–water partition coefficient (Wildman–Crippen LogP) is 10.5. The zero-order chi connectivity index (χ0) is 43.6. The van der Waals surface area contributed by atoms with Gasteiger partial charge in [-0.25, -0.2) is 0 Å². The van der Waals surface area contributed by atoms with Crippen molar-refractivity contribution < 1.29 is 29.3 Å². The lowest BCUT2D eigenvalue weighted by atomic mass is 9.96. The summed E-state index contributed by atoms with van der Waals surface area (Å²) in [5.41, 5.74) is 2.65. The SMILES string of the molecule is O=C(COc1ccccc1)NC(c1cc(Cl)c2cccnc2c1O)c1c(Cl)cccc1Cl.O=C(COc1cccnc1)NC(c1ccccc1)c1cc(Cl)c2cccnc2c1O. The number of hydrogen-bond acceptors (Lipinski definition) is 9. The number of aromatic nitrogens is 3. The van der Waals surface area contributed by atoms with E-state index in [-0.39, 0.29) is 30.6 Å². The van der Waals surface area contributed by atoms with Crippen molar-refractivity contribution in [2.24, 2.45) is 0 Å². The van der Waals surface area contributed by atoms with Crippen LogP contribution in [0.25, 0.3) is 21.8 Å². The molecule has 3 aromatic heterocycles. The minimum Gasteiger partial charge on any atom is -0.505 e. The van der Waals surface area contributed by atoms with Crippen molar-refractivity contribution >= 4 is 80.0 Å². The molecule has 0 aliphatic rings. The molecular formula is C47H35Cl4N5O6. The van der Waals surface area contributed by atoms with E-state index in [0.29, 0.717) is 70.1 Å². The Bertz CT molecular complexity index is 2820. The molecule has 0 spiro atoms. The van der Waals surface area contributed by atoms with Crippen molar-refractivity contribution in [1.29, 1.82) is 0 Å². The van der Waals surface area contributed by atoms with Gasteiger partial charge in [-0.1, -0.05) is 101 Å². The molecule has 5 aromatic carbocycles. The number of ether oxygens (including phenoxy) is 2. The summed E-state index contributed by atoms with van der Waals surface area (Å²) in [5, 5.41) is 30.4. The molecule has 0 fully saturated rings. The second-order valence-electron chi connectivity index (χ2n) is 13.5. The fraction of sp³-hybridized carbons (Fsp3) is 0.0851. The van der Waals surface area contributed by atoms with Gasteiger partial charge in [-0.05, 0) is 78.4 Å². The zero-order valence-corrected chi connectivity index (χ0v) is 35.4. The first-order chi connectivity index (χ1) is 30.1. The van der Waals surface area contributed by atoms with Crippen molar-refractivity contribution in [3.63, 3.8) is 0 Å². The second-order valence-corrected chi connectivity index (χ2v) is 15.1. The summed E-state index contributed by atoms with van der Waals surface area (Å²) in [4.78, 5) is 37.9. The van der Waals surface area contributed by atoms with E-state index in [9.17, 15) is 19.8 Å². The number of hydrogen-bond donors (Lipinski definition) is 4. The molecule has 4 N–H and O–H groups in total. The van der Waals surface area contributed by atoms with Gasteiger partial charge < -0.3 is 30.3 Å². The molecule has 15 heteroatoms. The standard InChI is InChI=1S/C24H17Cl3N2O3.C23H18ClN3O3/c25-17-9-4-10-18(26)21(17)22(29-20(30)13-32-14-6-2-1-3-7-14)16-12-19(27)15-8-5-11-28-23(15)24(16)31;24-19-12-18(23(29)22-17(19)9-5-11-26-22)21(15-6-2-1-3-7-15)27-20(28)14-30-16-8-4-10-25-13-16/h1-12,22,31H,13H2,(H,29,30);1-13,21,29H,14H2,(H,27,28).